The van der Waals surface area contributed by atoms with Crippen molar-refractivity contribution in [3.05, 3.63) is 65.5 Å². The molecule has 0 aromatic heterocycles. The van der Waals surface area contributed by atoms with Crippen molar-refractivity contribution < 1.29 is 13.9 Å². The number of ether oxygens (including phenoxy) is 1. The van der Waals surface area contributed by atoms with Crippen molar-refractivity contribution in [2.45, 2.75) is 0 Å². The number of carbonyl (C=O) groups is 1. The van der Waals surface area contributed by atoms with Crippen molar-refractivity contribution in [1.82, 2.24) is 5.43 Å². The highest BCUT2D eigenvalue weighted by Gasteiger charge is 2.04. The van der Waals surface area contributed by atoms with Crippen LogP contribution in [0.25, 0.3) is 0 Å². The number of hydrogen-bond acceptors (Lipinski definition) is 3. The van der Waals surface area contributed by atoms with Crippen LogP contribution in [-0.2, 0) is 0 Å². The molecule has 0 spiro atoms. The van der Waals surface area contributed by atoms with Crippen LogP contribution in [0.4, 0.5) is 4.39 Å². The van der Waals surface area contributed by atoms with Gasteiger partial charge >= 0.3 is 0 Å². The Kier molecular flexibility index (Phi) is 4.44. The van der Waals surface area contributed by atoms with Crippen molar-refractivity contribution in [2.24, 2.45) is 5.10 Å². The third-order valence-electron chi connectivity index (χ3n) is 2.62. The van der Waals surface area contributed by atoms with E-state index in [9.17, 15) is 9.18 Å². The Hall–Kier alpha value is -2.69. The van der Waals surface area contributed by atoms with Gasteiger partial charge in [0.15, 0.2) is 0 Å². The Morgan fingerprint density at radius 3 is 2.60 bits per heavy atom. The first kappa shape index (κ1) is 13.7. The number of hydrazone groups is 1. The molecule has 0 unspecified atom stereocenters. The van der Waals surface area contributed by atoms with Gasteiger partial charge in [0.1, 0.15) is 11.6 Å². The number of amides is 1. The van der Waals surface area contributed by atoms with Crippen LogP contribution in [0.2, 0.25) is 0 Å². The van der Waals surface area contributed by atoms with Gasteiger partial charge in [0.2, 0.25) is 0 Å². The highest BCUT2D eigenvalue weighted by atomic mass is 19.1. The molecule has 5 heteroatoms. The number of nitrogens with one attached hydrogen (secondary N) is 1. The standard InChI is InChI=1S/C15H13FN2O2/c1-20-14-5-3-2-4-12(14)10-17-18-15(19)11-6-8-13(16)9-7-11/h2-10H,1H3,(H,18,19). The zero-order valence-electron chi connectivity index (χ0n) is 10.8. The molecule has 2 aromatic rings. The molecule has 0 fully saturated rings. The first-order chi connectivity index (χ1) is 9.70. The number of rotatable bonds is 4. The van der Waals surface area contributed by atoms with Gasteiger partial charge in [-0.1, -0.05) is 12.1 Å². The smallest absolute Gasteiger partial charge is 0.271 e. The topological polar surface area (TPSA) is 50.7 Å². The van der Waals surface area contributed by atoms with Crippen LogP contribution >= 0.6 is 0 Å². The van der Waals surface area contributed by atoms with Crippen LogP contribution in [0, 0.1) is 5.82 Å². The number of carbonyl (C=O) groups excluding carboxylic acids is 1. The van der Waals surface area contributed by atoms with Gasteiger partial charge in [0.05, 0.1) is 13.3 Å². The van der Waals surface area contributed by atoms with E-state index in [1.165, 1.54) is 30.5 Å². The number of nitrogens with zero attached hydrogens (tertiary/aromatic N) is 1. The molecule has 0 atom stereocenters. The summed E-state index contributed by atoms with van der Waals surface area (Å²) in [6.45, 7) is 0. The molecule has 0 aliphatic carbocycles. The SMILES string of the molecule is COc1ccccc1C=NNC(=O)c1ccc(F)cc1. The fourth-order valence-corrected chi connectivity index (χ4v) is 1.60. The predicted molar refractivity (Wildman–Crippen MR) is 74.5 cm³/mol. The van der Waals surface area contributed by atoms with Crippen LogP contribution in [0.1, 0.15) is 15.9 Å². The Morgan fingerprint density at radius 1 is 1.20 bits per heavy atom. The quantitative estimate of drug-likeness (QED) is 0.687. The van der Waals surface area contributed by atoms with E-state index in [0.29, 0.717) is 11.3 Å². The lowest BCUT2D eigenvalue weighted by molar-refractivity contribution is 0.0955. The molecule has 2 rings (SSSR count). The maximum absolute atomic E-state index is 12.7. The van der Waals surface area contributed by atoms with Gasteiger partial charge in [-0.05, 0) is 36.4 Å². The van der Waals surface area contributed by atoms with E-state index < -0.39 is 5.91 Å². The molecule has 1 N–H and O–H groups in total. The average molecular weight is 272 g/mol. The third-order valence-corrected chi connectivity index (χ3v) is 2.62. The van der Waals surface area contributed by atoms with E-state index in [-0.39, 0.29) is 5.82 Å². The van der Waals surface area contributed by atoms with Crippen molar-refractivity contribution in [1.29, 1.82) is 0 Å². The third kappa shape index (κ3) is 3.41. The summed E-state index contributed by atoms with van der Waals surface area (Å²) in [6.07, 6.45) is 1.49. The molecule has 0 radical (unpaired) electrons. The predicted octanol–water partition coefficient (Wildman–Crippen LogP) is 2.60. The number of halogens is 1. The maximum Gasteiger partial charge on any atom is 0.271 e. The van der Waals surface area contributed by atoms with Gasteiger partial charge in [-0.15, -0.1) is 0 Å². The lowest BCUT2D eigenvalue weighted by atomic mass is 10.2. The zero-order chi connectivity index (χ0) is 14.4. The molecular formula is C15H13FN2O2. The Morgan fingerprint density at radius 2 is 1.90 bits per heavy atom. The number of para-hydroxylation sites is 1. The summed E-state index contributed by atoms with van der Waals surface area (Å²) in [5, 5.41) is 3.85. The minimum Gasteiger partial charge on any atom is -0.496 e. The molecule has 0 heterocycles. The Bertz CT molecular complexity index is 624. The normalized spacial score (nSPS) is 10.5. The molecule has 4 nitrogen and oxygen atoms in total. The summed E-state index contributed by atoms with van der Waals surface area (Å²) in [7, 11) is 1.56. The van der Waals surface area contributed by atoms with Gasteiger partial charge in [0, 0.05) is 11.1 Å². The summed E-state index contributed by atoms with van der Waals surface area (Å²) < 4.78 is 17.9. The summed E-state index contributed by atoms with van der Waals surface area (Å²) >= 11 is 0. The van der Waals surface area contributed by atoms with Gasteiger partial charge in [-0.3, -0.25) is 4.79 Å². The van der Waals surface area contributed by atoms with Crippen molar-refractivity contribution in [3.8, 4) is 5.75 Å². The fraction of sp³-hybridized carbons (Fsp3) is 0.0667. The van der Waals surface area contributed by atoms with Crippen LogP contribution in [0.3, 0.4) is 0 Å². The summed E-state index contributed by atoms with van der Waals surface area (Å²) in [5.41, 5.74) is 3.45. The largest absolute Gasteiger partial charge is 0.496 e. The summed E-state index contributed by atoms with van der Waals surface area (Å²) in [4.78, 5) is 11.7. The molecule has 20 heavy (non-hydrogen) atoms. The first-order valence-electron chi connectivity index (χ1n) is 5.92. The molecular weight excluding hydrogens is 259 g/mol. The zero-order valence-corrected chi connectivity index (χ0v) is 10.8. The average Bonchev–Trinajstić information content (AvgIpc) is 2.48. The van der Waals surface area contributed by atoms with E-state index in [1.54, 1.807) is 13.2 Å². The number of methoxy groups -OCH3 is 1. The second-order valence-corrected chi connectivity index (χ2v) is 3.95. The lowest BCUT2D eigenvalue weighted by Crippen LogP contribution is -2.17. The maximum atomic E-state index is 12.7. The highest BCUT2D eigenvalue weighted by Crippen LogP contribution is 2.14. The molecule has 0 bridgehead atoms. The van der Waals surface area contributed by atoms with Crippen molar-refractivity contribution >= 4 is 12.1 Å². The Labute approximate surface area is 115 Å². The van der Waals surface area contributed by atoms with Crippen LogP contribution in [-0.4, -0.2) is 19.2 Å². The van der Waals surface area contributed by atoms with E-state index >= 15 is 0 Å². The summed E-state index contributed by atoms with van der Waals surface area (Å²) in [5.74, 6) is -0.137. The molecule has 0 aliphatic heterocycles. The minimum absolute atomic E-state index is 0.337. The molecule has 2 aromatic carbocycles. The highest BCUT2D eigenvalue weighted by molar-refractivity contribution is 5.95. The van der Waals surface area contributed by atoms with Crippen LogP contribution < -0.4 is 10.2 Å². The first-order valence-corrected chi connectivity index (χ1v) is 5.92. The van der Waals surface area contributed by atoms with Gasteiger partial charge in [-0.25, -0.2) is 9.82 Å². The number of hydrogen-bond donors (Lipinski definition) is 1. The van der Waals surface area contributed by atoms with E-state index in [2.05, 4.69) is 10.5 Å². The monoisotopic (exact) mass is 272 g/mol. The minimum atomic E-state index is -0.406. The molecule has 0 saturated heterocycles. The van der Waals surface area contributed by atoms with Crippen LogP contribution in [0.15, 0.2) is 53.6 Å². The van der Waals surface area contributed by atoms with Gasteiger partial charge < -0.3 is 4.74 Å². The molecule has 0 saturated carbocycles. The van der Waals surface area contributed by atoms with Crippen molar-refractivity contribution in [3.63, 3.8) is 0 Å². The second kappa shape index (κ2) is 6.47. The fourth-order valence-electron chi connectivity index (χ4n) is 1.60. The summed E-state index contributed by atoms with van der Waals surface area (Å²) in [6, 6.07) is 12.5. The van der Waals surface area contributed by atoms with E-state index in [4.69, 9.17) is 4.74 Å². The Balaban J connectivity index is 2.02. The van der Waals surface area contributed by atoms with Gasteiger partial charge in [-0.2, -0.15) is 5.10 Å². The van der Waals surface area contributed by atoms with Crippen LogP contribution in [0.5, 0.6) is 5.75 Å². The molecule has 102 valence electrons. The van der Waals surface area contributed by atoms with Crippen molar-refractivity contribution in [2.75, 3.05) is 7.11 Å². The van der Waals surface area contributed by atoms with Gasteiger partial charge in [0.25, 0.3) is 5.91 Å². The lowest BCUT2D eigenvalue weighted by Gasteiger charge is -2.03. The van der Waals surface area contributed by atoms with E-state index in [0.717, 1.165) is 5.56 Å². The second-order valence-electron chi connectivity index (χ2n) is 3.95. The molecule has 1 amide bonds. The molecule has 0 aliphatic rings. The number of benzene rings is 2. The van der Waals surface area contributed by atoms with E-state index in [1.807, 2.05) is 18.2 Å².